The second-order valence-electron chi connectivity index (χ2n) is 8.85. The molecule has 1 fully saturated rings. The average Bonchev–Trinajstić information content (AvgIpc) is 3.38. The van der Waals surface area contributed by atoms with Crippen LogP contribution in [0, 0.1) is 5.92 Å². The van der Waals surface area contributed by atoms with Crippen LogP contribution < -0.4 is 14.4 Å². The van der Waals surface area contributed by atoms with Gasteiger partial charge in [0, 0.05) is 22.5 Å². The number of carbonyl (C=O) groups excluding carboxylic acids is 2. The van der Waals surface area contributed by atoms with Gasteiger partial charge in [-0.1, -0.05) is 30.3 Å². The van der Waals surface area contributed by atoms with Crippen LogP contribution in [0.3, 0.4) is 0 Å². The summed E-state index contributed by atoms with van der Waals surface area (Å²) in [4.78, 5) is 32.2. The van der Waals surface area contributed by atoms with E-state index >= 15 is 0 Å². The highest BCUT2D eigenvalue weighted by Crippen LogP contribution is 2.52. The van der Waals surface area contributed by atoms with Gasteiger partial charge in [-0.05, 0) is 60.0 Å². The van der Waals surface area contributed by atoms with E-state index in [1.807, 2.05) is 30.3 Å². The fraction of sp³-hybridized carbons (Fsp3) is 0.214. The van der Waals surface area contributed by atoms with E-state index in [0.29, 0.717) is 17.9 Å². The number of carbonyl (C=O) groups is 2. The van der Waals surface area contributed by atoms with Gasteiger partial charge in [-0.2, -0.15) is 0 Å². The van der Waals surface area contributed by atoms with Crippen molar-refractivity contribution in [2.45, 2.75) is 18.3 Å². The number of fused-ring (bicyclic) bond motifs is 5. The molecule has 6 rings (SSSR count). The zero-order valence-electron chi connectivity index (χ0n) is 18.9. The van der Waals surface area contributed by atoms with Crippen molar-refractivity contribution in [2.24, 2.45) is 5.92 Å². The Morgan fingerprint density at radius 1 is 0.824 bits per heavy atom. The molecule has 3 aromatic carbocycles. The molecular formula is C28H24N2O4. The fourth-order valence-corrected chi connectivity index (χ4v) is 5.59. The maximum atomic E-state index is 13.7. The Morgan fingerprint density at radius 3 is 2.15 bits per heavy atom. The number of methoxy groups -OCH3 is 2. The van der Waals surface area contributed by atoms with Crippen molar-refractivity contribution in [1.82, 2.24) is 4.98 Å². The lowest BCUT2D eigenvalue weighted by Gasteiger charge is -2.30. The average molecular weight is 453 g/mol. The number of hydrogen-bond donors (Lipinski definition) is 1. The van der Waals surface area contributed by atoms with Gasteiger partial charge in [-0.3, -0.25) is 9.59 Å². The number of rotatable bonds is 4. The van der Waals surface area contributed by atoms with Crippen LogP contribution in [0.4, 0.5) is 5.69 Å². The number of imide groups is 1. The van der Waals surface area contributed by atoms with Gasteiger partial charge in [0.1, 0.15) is 11.5 Å². The van der Waals surface area contributed by atoms with E-state index in [2.05, 4.69) is 23.2 Å². The SMILES string of the molecule is COc1ccc([C@H]2CC3C(=O)N(c4ccc(OC)cc4)C(=O)C3c3[nH]c4ccccc4c32)cc1. The van der Waals surface area contributed by atoms with Crippen molar-refractivity contribution in [3.05, 3.63) is 89.6 Å². The van der Waals surface area contributed by atoms with Crippen molar-refractivity contribution in [3.63, 3.8) is 0 Å². The molecule has 170 valence electrons. The smallest absolute Gasteiger partial charge is 0.243 e. The van der Waals surface area contributed by atoms with Gasteiger partial charge in [-0.15, -0.1) is 0 Å². The Hall–Kier alpha value is -4.06. The second-order valence-corrected chi connectivity index (χ2v) is 8.85. The standard InChI is InChI=1S/C28H24N2O4/c1-33-18-11-7-16(8-12-18)21-15-22-25(26-24(21)20-5-3-4-6-23(20)29-26)28(32)30(27(22)31)17-9-13-19(34-2)14-10-17/h3-14,21-22,25,29H,15H2,1-2H3/t21-,22?,25?/m1/s1. The minimum Gasteiger partial charge on any atom is -0.497 e. The monoisotopic (exact) mass is 452 g/mol. The molecule has 34 heavy (non-hydrogen) atoms. The predicted octanol–water partition coefficient (Wildman–Crippen LogP) is 4.99. The summed E-state index contributed by atoms with van der Waals surface area (Å²) in [6.45, 7) is 0. The number of aromatic amines is 1. The zero-order valence-corrected chi connectivity index (χ0v) is 18.9. The molecule has 1 N–H and O–H groups in total. The molecule has 0 saturated carbocycles. The van der Waals surface area contributed by atoms with Crippen LogP contribution >= 0.6 is 0 Å². The number of nitrogens with zero attached hydrogens (tertiary/aromatic N) is 1. The summed E-state index contributed by atoms with van der Waals surface area (Å²) in [6.07, 6.45) is 0.572. The molecule has 2 heterocycles. The molecule has 0 spiro atoms. The number of aromatic nitrogens is 1. The lowest BCUT2D eigenvalue weighted by Crippen LogP contribution is -2.30. The molecule has 1 aromatic heterocycles. The lowest BCUT2D eigenvalue weighted by molar-refractivity contribution is -0.122. The van der Waals surface area contributed by atoms with Crippen LogP contribution in [0.15, 0.2) is 72.8 Å². The molecule has 2 amide bonds. The number of nitrogens with one attached hydrogen (secondary N) is 1. The van der Waals surface area contributed by atoms with E-state index in [-0.39, 0.29) is 17.7 Å². The van der Waals surface area contributed by atoms with Gasteiger partial charge in [0.05, 0.1) is 31.7 Å². The number of anilines is 1. The summed E-state index contributed by atoms with van der Waals surface area (Å²) < 4.78 is 10.6. The molecular weight excluding hydrogens is 428 g/mol. The first kappa shape index (κ1) is 20.5. The summed E-state index contributed by atoms with van der Waals surface area (Å²) in [5.74, 6) is 0.177. The fourth-order valence-electron chi connectivity index (χ4n) is 5.59. The molecule has 0 radical (unpaired) electrons. The first-order valence-electron chi connectivity index (χ1n) is 11.4. The summed E-state index contributed by atoms with van der Waals surface area (Å²) in [6, 6.07) is 23.2. The number of hydrogen-bond acceptors (Lipinski definition) is 4. The summed E-state index contributed by atoms with van der Waals surface area (Å²) in [7, 11) is 3.24. The third-order valence-corrected chi connectivity index (χ3v) is 7.20. The third-order valence-electron chi connectivity index (χ3n) is 7.20. The molecule has 1 aliphatic carbocycles. The Balaban J connectivity index is 1.49. The van der Waals surface area contributed by atoms with Crippen molar-refractivity contribution in [3.8, 4) is 11.5 Å². The van der Waals surface area contributed by atoms with Crippen LogP contribution in [0.25, 0.3) is 10.9 Å². The van der Waals surface area contributed by atoms with Gasteiger partial charge in [0.25, 0.3) is 0 Å². The summed E-state index contributed by atoms with van der Waals surface area (Å²) >= 11 is 0. The van der Waals surface area contributed by atoms with E-state index in [1.54, 1.807) is 38.5 Å². The Morgan fingerprint density at radius 2 is 1.47 bits per heavy atom. The van der Waals surface area contributed by atoms with Gasteiger partial charge in [0.2, 0.25) is 11.8 Å². The molecule has 2 unspecified atom stereocenters. The molecule has 3 atom stereocenters. The van der Waals surface area contributed by atoms with Crippen LogP contribution in [0.1, 0.15) is 35.1 Å². The lowest BCUT2D eigenvalue weighted by atomic mass is 9.71. The first-order chi connectivity index (χ1) is 16.6. The van der Waals surface area contributed by atoms with Crippen molar-refractivity contribution in [1.29, 1.82) is 0 Å². The highest BCUT2D eigenvalue weighted by molar-refractivity contribution is 6.24. The number of para-hydroxylation sites is 1. The Kier molecular flexibility index (Phi) is 4.69. The topological polar surface area (TPSA) is 71.6 Å². The van der Waals surface area contributed by atoms with Gasteiger partial charge < -0.3 is 14.5 Å². The molecule has 1 saturated heterocycles. The molecule has 0 bridgehead atoms. The number of H-pyrrole nitrogens is 1. The van der Waals surface area contributed by atoms with Crippen molar-refractivity contribution < 1.29 is 19.1 Å². The molecule has 1 aliphatic heterocycles. The largest absolute Gasteiger partial charge is 0.497 e. The first-order valence-corrected chi connectivity index (χ1v) is 11.4. The number of amides is 2. The summed E-state index contributed by atoms with van der Waals surface area (Å²) in [5.41, 5.74) is 4.62. The van der Waals surface area contributed by atoms with Crippen molar-refractivity contribution in [2.75, 3.05) is 19.1 Å². The van der Waals surface area contributed by atoms with Crippen LogP contribution in [0.2, 0.25) is 0 Å². The minimum absolute atomic E-state index is 0.00845. The van der Waals surface area contributed by atoms with Gasteiger partial charge in [-0.25, -0.2) is 4.90 Å². The van der Waals surface area contributed by atoms with E-state index < -0.39 is 11.8 Å². The minimum atomic E-state index is -0.522. The van der Waals surface area contributed by atoms with Crippen LogP contribution in [-0.4, -0.2) is 31.0 Å². The summed E-state index contributed by atoms with van der Waals surface area (Å²) in [5, 5.41) is 1.10. The van der Waals surface area contributed by atoms with E-state index in [4.69, 9.17) is 9.47 Å². The number of benzene rings is 3. The van der Waals surface area contributed by atoms with Crippen molar-refractivity contribution >= 4 is 28.4 Å². The maximum Gasteiger partial charge on any atom is 0.243 e. The predicted molar refractivity (Wildman–Crippen MR) is 129 cm³/mol. The van der Waals surface area contributed by atoms with Crippen LogP contribution in [0.5, 0.6) is 11.5 Å². The van der Waals surface area contributed by atoms with E-state index in [1.165, 1.54) is 4.90 Å². The van der Waals surface area contributed by atoms with Crippen LogP contribution in [-0.2, 0) is 9.59 Å². The molecule has 6 heteroatoms. The highest BCUT2D eigenvalue weighted by Gasteiger charge is 2.54. The van der Waals surface area contributed by atoms with E-state index in [9.17, 15) is 9.59 Å². The highest BCUT2D eigenvalue weighted by atomic mass is 16.5. The maximum absolute atomic E-state index is 13.7. The quantitative estimate of drug-likeness (QED) is 0.443. The molecule has 2 aliphatic rings. The Bertz CT molecular complexity index is 1400. The second kappa shape index (κ2) is 7.76. The van der Waals surface area contributed by atoms with Gasteiger partial charge in [0.15, 0.2) is 0 Å². The Labute approximate surface area is 197 Å². The zero-order chi connectivity index (χ0) is 23.4. The third kappa shape index (κ3) is 2.95. The molecule has 6 nitrogen and oxygen atoms in total. The van der Waals surface area contributed by atoms with E-state index in [0.717, 1.165) is 33.5 Å². The number of ether oxygens (including phenoxy) is 2. The normalized spacial score (nSPS) is 21.5. The van der Waals surface area contributed by atoms with Gasteiger partial charge >= 0.3 is 0 Å². The molecule has 4 aromatic rings.